The molecule has 4 nitrogen and oxygen atoms in total. The molecule has 1 amide bonds. The molecule has 0 aliphatic heterocycles. The maximum absolute atomic E-state index is 11.9. The highest BCUT2D eigenvalue weighted by Gasteiger charge is 2.10. The van der Waals surface area contributed by atoms with Crippen molar-refractivity contribution in [1.29, 1.82) is 0 Å². The van der Waals surface area contributed by atoms with Crippen molar-refractivity contribution >= 4 is 33.2 Å². The molecular formula is C12H11BrN2O2. The molecule has 3 N–H and O–H groups in total. The van der Waals surface area contributed by atoms with Gasteiger partial charge < -0.3 is 15.5 Å². The standard InChI is InChI=1S/C12H11BrN2O2/c1-7-4-8(6-17-7)12(16)15-11-5-9(14)2-3-10(11)13/h2-6H,14H2,1H3,(H,15,16). The van der Waals surface area contributed by atoms with E-state index in [1.54, 1.807) is 31.2 Å². The second-order valence-corrected chi connectivity index (χ2v) is 4.49. The first-order valence-corrected chi connectivity index (χ1v) is 5.77. The monoisotopic (exact) mass is 294 g/mol. The molecule has 1 aromatic heterocycles. The summed E-state index contributed by atoms with van der Waals surface area (Å²) in [7, 11) is 0. The Bertz CT molecular complexity index is 563. The predicted octanol–water partition coefficient (Wildman–Crippen LogP) is 3.19. The van der Waals surface area contributed by atoms with E-state index in [2.05, 4.69) is 21.2 Å². The number of rotatable bonds is 2. The van der Waals surface area contributed by atoms with Crippen LogP contribution in [0.5, 0.6) is 0 Å². The second kappa shape index (κ2) is 4.63. The molecule has 0 fully saturated rings. The van der Waals surface area contributed by atoms with Gasteiger partial charge in [-0.15, -0.1) is 0 Å². The lowest BCUT2D eigenvalue weighted by molar-refractivity contribution is 0.102. The molecule has 2 aromatic rings. The molecule has 0 atom stereocenters. The van der Waals surface area contributed by atoms with Gasteiger partial charge in [-0.05, 0) is 47.1 Å². The number of nitrogen functional groups attached to an aromatic ring is 1. The summed E-state index contributed by atoms with van der Waals surface area (Å²) in [5.41, 5.74) is 7.36. The lowest BCUT2D eigenvalue weighted by Gasteiger charge is -2.06. The Morgan fingerprint density at radius 1 is 1.41 bits per heavy atom. The zero-order chi connectivity index (χ0) is 12.4. The Morgan fingerprint density at radius 2 is 2.18 bits per heavy atom. The second-order valence-electron chi connectivity index (χ2n) is 3.64. The van der Waals surface area contributed by atoms with Gasteiger partial charge in [0.25, 0.3) is 5.91 Å². The van der Waals surface area contributed by atoms with Crippen LogP contribution in [-0.2, 0) is 0 Å². The Balaban J connectivity index is 2.21. The van der Waals surface area contributed by atoms with Crippen molar-refractivity contribution in [2.24, 2.45) is 0 Å². The normalized spacial score (nSPS) is 10.2. The van der Waals surface area contributed by atoms with Crippen LogP contribution in [0.2, 0.25) is 0 Å². The minimum Gasteiger partial charge on any atom is -0.469 e. The van der Waals surface area contributed by atoms with Crippen LogP contribution in [0.25, 0.3) is 0 Å². The van der Waals surface area contributed by atoms with Crippen molar-refractivity contribution in [3.8, 4) is 0 Å². The lowest BCUT2D eigenvalue weighted by Crippen LogP contribution is -2.11. The highest BCUT2D eigenvalue weighted by molar-refractivity contribution is 9.10. The number of nitrogens with two attached hydrogens (primary N) is 1. The van der Waals surface area contributed by atoms with Crippen LogP contribution < -0.4 is 11.1 Å². The molecule has 17 heavy (non-hydrogen) atoms. The molecule has 0 bridgehead atoms. The van der Waals surface area contributed by atoms with Gasteiger partial charge in [0.1, 0.15) is 12.0 Å². The summed E-state index contributed by atoms with van der Waals surface area (Å²) in [6.45, 7) is 1.78. The summed E-state index contributed by atoms with van der Waals surface area (Å²) in [6, 6.07) is 6.90. The number of carbonyl (C=O) groups excluding carboxylic acids is 1. The average molecular weight is 295 g/mol. The number of nitrogens with one attached hydrogen (secondary N) is 1. The topological polar surface area (TPSA) is 68.3 Å². The molecule has 1 aromatic carbocycles. The number of carbonyl (C=O) groups is 1. The number of anilines is 2. The number of hydrogen-bond acceptors (Lipinski definition) is 3. The van der Waals surface area contributed by atoms with E-state index in [4.69, 9.17) is 10.2 Å². The fraction of sp³-hybridized carbons (Fsp3) is 0.0833. The molecule has 0 saturated heterocycles. The van der Waals surface area contributed by atoms with Crippen LogP contribution in [0.4, 0.5) is 11.4 Å². The molecule has 0 aliphatic rings. The van der Waals surface area contributed by atoms with E-state index in [0.29, 0.717) is 22.7 Å². The Kier molecular flexibility index (Phi) is 3.19. The van der Waals surface area contributed by atoms with Crippen LogP contribution in [-0.4, -0.2) is 5.91 Å². The maximum atomic E-state index is 11.9. The first kappa shape index (κ1) is 11.7. The van der Waals surface area contributed by atoms with Gasteiger partial charge in [0.15, 0.2) is 0 Å². The zero-order valence-electron chi connectivity index (χ0n) is 9.16. The van der Waals surface area contributed by atoms with E-state index in [0.717, 1.165) is 4.47 Å². The largest absolute Gasteiger partial charge is 0.469 e. The van der Waals surface area contributed by atoms with Crippen molar-refractivity contribution < 1.29 is 9.21 Å². The molecule has 0 saturated carbocycles. The average Bonchev–Trinajstić information content (AvgIpc) is 2.70. The van der Waals surface area contributed by atoms with Crippen molar-refractivity contribution in [3.63, 3.8) is 0 Å². The van der Waals surface area contributed by atoms with Crippen molar-refractivity contribution in [2.75, 3.05) is 11.1 Å². The van der Waals surface area contributed by atoms with E-state index in [9.17, 15) is 4.79 Å². The molecule has 88 valence electrons. The first-order valence-electron chi connectivity index (χ1n) is 4.98. The fourth-order valence-electron chi connectivity index (χ4n) is 1.40. The van der Waals surface area contributed by atoms with Crippen LogP contribution in [0.3, 0.4) is 0 Å². The quantitative estimate of drug-likeness (QED) is 0.836. The van der Waals surface area contributed by atoms with Crippen molar-refractivity contribution in [3.05, 3.63) is 46.3 Å². The summed E-state index contributed by atoms with van der Waals surface area (Å²) in [6.07, 6.45) is 1.42. The predicted molar refractivity (Wildman–Crippen MR) is 70.0 cm³/mol. The van der Waals surface area contributed by atoms with E-state index < -0.39 is 0 Å². The molecule has 0 radical (unpaired) electrons. The molecule has 1 heterocycles. The SMILES string of the molecule is Cc1cc(C(=O)Nc2cc(N)ccc2Br)co1. The smallest absolute Gasteiger partial charge is 0.258 e. The summed E-state index contributed by atoms with van der Waals surface area (Å²) >= 11 is 3.34. The third-order valence-electron chi connectivity index (χ3n) is 2.23. The van der Waals surface area contributed by atoms with Gasteiger partial charge in [-0.3, -0.25) is 4.79 Å². The van der Waals surface area contributed by atoms with Gasteiger partial charge in [-0.2, -0.15) is 0 Å². The van der Waals surface area contributed by atoms with Crippen LogP contribution in [0, 0.1) is 6.92 Å². The van der Waals surface area contributed by atoms with Crippen LogP contribution >= 0.6 is 15.9 Å². The van der Waals surface area contributed by atoms with Crippen molar-refractivity contribution in [2.45, 2.75) is 6.92 Å². The Morgan fingerprint density at radius 3 is 2.82 bits per heavy atom. The van der Waals surface area contributed by atoms with E-state index in [-0.39, 0.29) is 5.91 Å². The number of halogens is 1. The molecule has 0 unspecified atom stereocenters. The van der Waals surface area contributed by atoms with Gasteiger partial charge in [0.2, 0.25) is 0 Å². The summed E-state index contributed by atoms with van der Waals surface area (Å²) in [4.78, 5) is 11.9. The highest BCUT2D eigenvalue weighted by atomic mass is 79.9. The number of furan rings is 1. The maximum Gasteiger partial charge on any atom is 0.258 e. The van der Waals surface area contributed by atoms with Gasteiger partial charge in [0, 0.05) is 10.2 Å². The van der Waals surface area contributed by atoms with Gasteiger partial charge in [-0.25, -0.2) is 0 Å². The molecule has 0 aliphatic carbocycles. The van der Waals surface area contributed by atoms with Crippen molar-refractivity contribution in [1.82, 2.24) is 0 Å². The minimum absolute atomic E-state index is 0.229. The number of aryl methyl sites for hydroxylation is 1. The highest BCUT2D eigenvalue weighted by Crippen LogP contribution is 2.25. The Labute approximate surface area is 107 Å². The summed E-state index contributed by atoms with van der Waals surface area (Å²) in [5, 5.41) is 2.75. The number of amides is 1. The Hall–Kier alpha value is -1.75. The minimum atomic E-state index is -0.229. The molecule has 2 rings (SSSR count). The van der Waals surface area contributed by atoms with Crippen LogP contribution in [0.1, 0.15) is 16.1 Å². The van der Waals surface area contributed by atoms with E-state index in [1.165, 1.54) is 6.26 Å². The zero-order valence-corrected chi connectivity index (χ0v) is 10.7. The van der Waals surface area contributed by atoms with E-state index >= 15 is 0 Å². The van der Waals surface area contributed by atoms with E-state index in [1.807, 2.05) is 0 Å². The first-order chi connectivity index (χ1) is 8.06. The van der Waals surface area contributed by atoms with Gasteiger partial charge in [-0.1, -0.05) is 0 Å². The number of benzene rings is 1. The third-order valence-corrected chi connectivity index (χ3v) is 2.92. The number of hydrogen-bond donors (Lipinski definition) is 2. The molecular weight excluding hydrogens is 284 g/mol. The van der Waals surface area contributed by atoms with Gasteiger partial charge in [0.05, 0.1) is 11.3 Å². The van der Waals surface area contributed by atoms with Gasteiger partial charge >= 0.3 is 0 Å². The molecule has 5 heteroatoms. The summed E-state index contributed by atoms with van der Waals surface area (Å²) in [5.74, 6) is 0.468. The molecule has 0 spiro atoms. The lowest BCUT2D eigenvalue weighted by atomic mass is 10.2. The van der Waals surface area contributed by atoms with Crippen LogP contribution in [0.15, 0.2) is 39.4 Å². The third kappa shape index (κ3) is 2.68. The fourth-order valence-corrected chi connectivity index (χ4v) is 1.74. The summed E-state index contributed by atoms with van der Waals surface area (Å²) < 4.78 is 5.86.